The van der Waals surface area contributed by atoms with E-state index in [-0.39, 0.29) is 5.75 Å². The number of hydrogen-bond donors (Lipinski definition) is 1. The molecule has 0 saturated heterocycles. The molecule has 0 fully saturated rings. The van der Waals surface area contributed by atoms with Gasteiger partial charge in [0, 0.05) is 6.07 Å². The molecule has 1 N–H and O–H groups in total. The van der Waals surface area contributed by atoms with Crippen LogP contribution >= 0.6 is 0 Å². The Labute approximate surface area is 77.9 Å². The number of rotatable bonds is 4. The maximum Gasteiger partial charge on any atom is 0.203 e. The molecule has 0 unspecified atom stereocenters. The van der Waals surface area contributed by atoms with Crippen LogP contribution in [0, 0.1) is 6.07 Å². The van der Waals surface area contributed by atoms with Gasteiger partial charge in [0.15, 0.2) is 11.5 Å². The molecule has 71 valence electrons. The van der Waals surface area contributed by atoms with Crippen LogP contribution in [-0.2, 0) is 0 Å². The smallest absolute Gasteiger partial charge is 0.203 e. The second-order valence-corrected chi connectivity index (χ2v) is 2.39. The van der Waals surface area contributed by atoms with Gasteiger partial charge in [-0.3, -0.25) is 0 Å². The van der Waals surface area contributed by atoms with Gasteiger partial charge in [0.25, 0.3) is 0 Å². The summed E-state index contributed by atoms with van der Waals surface area (Å²) in [5.74, 6) is 0.917. The zero-order valence-corrected chi connectivity index (χ0v) is 7.83. The first-order chi connectivity index (χ1) is 6.29. The highest BCUT2D eigenvalue weighted by atomic mass is 16.5. The minimum atomic E-state index is -0.00667. The molecule has 0 heterocycles. The largest absolute Gasteiger partial charge is 0.504 e. The van der Waals surface area contributed by atoms with Crippen molar-refractivity contribution in [2.45, 2.75) is 13.8 Å². The predicted molar refractivity (Wildman–Crippen MR) is 49.3 cm³/mol. The third-order valence-corrected chi connectivity index (χ3v) is 1.48. The van der Waals surface area contributed by atoms with Crippen LogP contribution in [0.5, 0.6) is 17.2 Å². The van der Waals surface area contributed by atoms with Gasteiger partial charge >= 0.3 is 0 Å². The molecule has 0 bridgehead atoms. The van der Waals surface area contributed by atoms with Crippen molar-refractivity contribution < 1.29 is 14.6 Å². The molecule has 0 amide bonds. The number of ether oxygens (including phenoxy) is 2. The minimum Gasteiger partial charge on any atom is -0.504 e. The van der Waals surface area contributed by atoms with Gasteiger partial charge in [0.2, 0.25) is 5.75 Å². The van der Waals surface area contributed by atoms with Crippen LogP contribution in [0.2, 0.25) is 0 Å². The second kappa shape index (κ2) is 4.60. The summed E-state index contributed by atoms with van der Waals surface area (Å²) in [5.41, 5.74) is 0. The molecule has 1 aromatic carbocycles. The van der Waals surface area contributed by atoms with Crippen LogP contribution in [0.4, 0.5) is 0 Å². The summed E-state index contributed by atoms with van der Waals surface area (Å²) < 4.78 is 10.5. The predicted octanol–water partition coefficient (Wildman–Crippen LogP) is 1.99. The van der Waals surface area contributed by atoms with E-state index in [2.05, 4.69) is 6.07 Å². The molecule has 1 rings (SSSR count). The molecule has 0 saturated carbocycles. The number of aromatic hydroxyl groups is 1. The summed E-state index contributed by atoms with van der Waals surface area (Å²) in [7, 11) is 0. The molecule has 0 atom stereocenters. The lowest BCUT2D eigenvalue weighted by molar-refractivity contribution is 0.275. The van der Waals surface area contributed by atoms with Crippen molar-refractivity contribution in [2.75, 3.05) is 13.2 Å². The Bertz CT molecular complexity index is 271. The summed E-state index contributed by atoms with van der Waals surface area (Å²) in [6.07, 6.45) is 0. The van der Waals surface area contributed by atoms with Crippen molar-refractivity contribution >= 4 is 0 Å². The van der Waals surface area contributed by atoms with Crippen LogP contribution in [0.15, 0.2) is 12.1 Å². The molecule has 0 aromatic heterocycles. The fourth-order valence-corrected chi connectivity index (χ4v) is 1.01. The SMILES string of the molecule is CCOc1cc[c]c(O)c1OCC. The lowest BCUT2D eigenvalue weighted by Crippen LogP contribution is -1.98. The number of phenolic OH excluding ortho intramolecular Hbond substituents is 1. The van der Waals surface area contributed by atoms with E-state index in [1.165, 1.54) is 0 Å². The maximum atomic E-state index is 9.39. The van der Waals surface area contributed by atoms with E-state index in [4.69, 9.17) is 9.47 Å². The molecule has 3 heteroatoms. The molecule has 0 aliphatic carbocycles. The molecule has 3 nitrogen and oxygen atoms in total. The van der Waals surface area contributed by atoms with Gasteiger partial charge in [-0.15, -0.1) is 0 Å². The average Bonchev–Trinajstić information content (AvgIpc) is 2.11. The number of hydrogen-bond acceptors (Lipinski definition) is 3. The number of benzene rings is 1. The van der Waals surface area contributed by atoms with Crippen LogP contribution in [0.1, 0.15) is 13.8 Å². The first-order valence-corrected chi connectivity index (χ1v) is 4.28. The van der Waals surface area contributed by atoms with Gasteiger partial charge < -0.3 is 14.6 Å². The summed E-state index contributed by atoms with van der Waals surface area (Å²) in [6, 6.07) is 5.95. The van der Waals surface area contributed by atoms with Crippen molar-refractivity contribution in [1.82, 2.24) is 0 Å². The Kier molecular flexibility index (Phi) is 3.43. The van der Waals surface area contributed by atoms with Crippen molar-refractivity contribution in [3.05, 3.63) is 18.2 Å². The van der Waals surface area contributed by atoms with Crippen molar-refractivity contribution in [2.24, 2.45) is 0 Å². The minimum absolute atomic E-state index is 0.00667. The third kappa shape index (κ3) is 2.28. The molecule has 1 aromatic rings. The van der Waals surface area contributed by atoms with E-state index in [9.17, 15) is 5.11 Å². The highest BCUT2D eigenvalue weighted by Crippen LogP contribution is 2.35. The quantitative estimate of drug-likeness (QED) is 0.772. The van der Waals surface area contributed by atoms with Gasteiger partial charge in [-0.05, 0) is 26.0 Å². The van der Waals surface area contributed by atoms with E-state index < -0.39 is 0 Å². The lowest BCUT2D eigenvalue weighted by Gasteiger charge is -2.10. The van der Waals surface area contributed by atoms with Crippen LogP contribution < -0.4 is 9.47 Å². The van der Waals surface area contributed by atoms with E-state index in [1.807, 2.05) is 13.8 Å². The first-order valence-electron chi connectivity index (χ1n) is 4.28. The van der Waals surface area contributed by atoms with E-state index in [0.717, 1.165) is 0 Å². The Hall–Kier alpha value is -1.38. The van der Waals surface area contributed by atoms with Gasteiger partial charge in [0.05, 0.1) is 13.2 Å². The topological polar surface area (TPSA) is 38.7 Å². The van der Waals surface area contributed by atoms with Crippen molar-refractivity contribution in [3.63, 3.8) is 0 Å². The monoisotopic (exact) mass is 181 g/mol. The van der Waals surface area contributed by atoms with Gasteiger partial charge in [-0.2, -0.15) is 0 Å². The Morgan fingerprint density at radius 2 is 2.00 bits per heavy atom. The standard InChI is InChI=1S/C10H13O3/c1-3-12-9-7-5-6-8(11)10(9)13-4-2/h5,7,11H,3-4H2,1-2H3. The molecule has 0 spiro atoms. The van der Waals surface area contributed by atoms with Crippen molar-refractivity contribution in [1.29, 1.82) is 0 Å². The Morgan fingerprint density at radius 3 is 2.62 bits per heavy atom. The molecule has 0 aliphatic rings. The van der Waals surface area contributed by atoms with Crippen LogP contribution in [0.25, 0.3) is 0 Å². The van der Waals surface area contributed by atoms with E-state index in [1.54, 1.807) is 12.1 Å². The van der Waals surface area contributed by atoms with Gasteiger partial charge in [-0.25, -0.2) is 0 Å². The fraction of sp³-hybridized carbons (Fsp3) is 0.400. The van der Waals surface area contributed by atoms with Crippen molar-refractivity contribution in [3.8, 4) is 17.2 Å². The van der Waals surface area contributed by atoms with E-state index >= 15 is 0 Å². The number of phenols is 1. The molecule has 0 aliphatic heterocycles. The summed E-state index contributed by atoms with van der Waals surface area (Å²) in [4.78, 5) is 0. The zero-order valence-electron chi connectivity index (χ0n) is 7.83. The molecular weight excluding hydrogens is 168 g/mol. The normalized spacial score (nSPS) is 9.69. The maximum absolute atomic E-state index is 9.39. The second-order valence-electron chi connectivity index (χ2n) is 2.39. The zero-order chi connectivity index (χ0) is 9.68. The molecular formula is C10H13O3. The van der Waals surface area contributed by atoms with E-state index in [0.29, 0.717) is 24.7 Å². The summed E-state index contributed by atoms with van der Waals surface area (Å²) >= 11 is 0. The highest BCUT2D eigenvalue weighted by Gasteiger charge is 2.08. The Morgan fingerprint density at radius 1 is 1.31 bits per heavy atom. The van der Waals surface area contributed by atoms with Crippen LogP contribution in [-0.4, -0.2) is 18.3 Å². The lowest BCUT2D eigenvalue weighted by atomic mass is 10.3. The van der Waals surface area contributed by atoms with Crippen LogP contribution in [0.3, 0.4) is 0 Å². The third-order valence-electron chi connectivity index (χ3n) is 1.48. The summed E-state index contributed by atoms with van der Waals surface area (Å²) in [5, 5.41) is 9.39. The molecule has 13 heavy (non-hydrogen) atoms. The Balaban J connectivity index is 2.95. The first kappa shape index (κ1) is 9.71. The average molecular weight is 181 g/mol. The van der Waals surface area contributed by atoms with Gasteiger partial charge in [0.1, 0.15) is 0 Å². The molecule has 1 radical (unpaired) electrons. The van der Waals surface area contributed by atoms with Gasteiger partial charge in [-0.1, -0.05) is 0 Å². The highest BCUT2D eigenvalue weighted by molar-refractivity contribution is 5.49. The fourth-order valence-electron chi connectivity index (χ4n) is 1.01. The summed E-state index contributed by atoms with van der Waals surface area (Å²) in [6.45, 7) is 4.76.